The van der Waals surface area contributed by atoms with E-state index in [4.69, 9.17) is 45.3 Å². The molecule has 9 heteroatoms. The number of benzene rings is 1. The minimum atomic E-state index is -0.745. The van der Waals surface area contributed by atoms with Crippen LogP contribution in [0.2, 0.25) is 15.1 Å². The fourth-order valence-corrected chi connectivity index (χ4v) is 2.33. The number of pyridine rings is 1. The van der Waals surface area contributed by atoms with Crippen molar-refractivity contribution in [3.05, 3.63) is 50.6 Å². The molecule has 0 bridgehead atoms. The summed E-state index contributed by atoms with van der Waals surface area (Å²) in [4.78, 5) is 27.8. The number of amides is 1. The number of aryl methyl sites for hydroxylation is 1. The largest absolute Gasteiger partial charge is 0.452 e. The average Bonchev–Trinajstić information content (AvgIpc) is 2.50. The number of carbonyl (C=O) groups excluding carboxylic acids is 2. The second kappa shape index (κ2) is 7.70. The van der Waals surface area contributed by atoms with Gasteiger partial charge in [-0.15, -0.1) is 0 Å². The van der Waals surface area contributed by atoms with Gasteiger partial charge in [-0.05, 0) is 31.2 Å². The zero-order chi connectivity index (χ0) is 17.9. The van der Waals surface area contributed by atoms with Gasteiger partial charge >= 0.3 is 5.97 Å². The molecule has 0 saturated carbocycles. The predicted octanol–water partition coefficient (Wildman–Crippen LogP) is 3.73. The van der Waals surface area contributed by atoms with Crippen LogP contribution >= 0.6 is 34.8 Å². The summed E-state index contributed by atoms with van der Waals surface area (Å²) in [6.45, 7) is 1.14. The molecule has 126 valence electrons. The Balaban J connectivity index is 1.98. The van der Waals surface area contributed by atoms with Gasteiger partial charge in [0.15, 0.2) is 12.4 Å². The molecule has 0 spiro atoms. The lowest BCUT2D eigenvalue weighted by molar-refractivity contribution is -0.119. The average molecular weight is 389 g/mol. The van der Waals surface area contributed by atoms with Crippen LogP contribution in [0.3, 0.4) is 0 Å². The summed E-state index contributed by atoms with van der Waals surface area (Å²) >= 11 is 17.6. The summed E-state index contributed by atoms with van der Waals surface area (Å²) in [7, 11) is 0. The molecule has 0 atom stereocenters. The number of esters is 1. The van der Waals surface area contributed by atoms with E-state index in [9.17, 15) is 9.59 Å². The van der Waals surface area contributed by atoms with Gasteiger partial charge in [0.2, 0.25) is 0 Å². The Morgan fingerprint density at radius 3 is 2.58 bits per heavy atom. The molecule has 1 heterocycles. The number of nitrogens with two attached hydrogens (primary N) is 1. The Hall–Kier alpha value is -2.02. The third-order valence-corrected chi connectivity index (χ3v) is 3.84. The highest BCUT2D eigenvalue weighted by atomic mass is 35.5. The summed E-state index contributed by atoms with van der Waals surface area (Å²) in [6, 6.07) is 5.79. The molecule has 0 radical (unpaired) electrons. The third kappa shape index (κ3) is 4.50. The summed E-state index contributed by atoms with van der Waals surface area (Å²) in [5.74, 6) is -1.22. The van der Waals surface area contributed by atoms with Crippen LogP contribution in [0.1, 0.15) is 16.1 Å². The van der Waals surface area contributed by atoms with Crippen molar-refractivity contribution < 1.29 is 14.3 Å². The van der Waals surface area contributed by atoms with Crippen LogP contribution in [0, 0.1) is 6.92 Å². The standard InChI is InChI=1S/C15H12Cl3N3O3/c1-7-10(17)5-11(18)14(20-7)21-13(22)6-24-15(23)9-3-2-8(16)4-12(9)19/h2-5H,6,19H2,1H3,(H,20,21,22). The van der Waals surface area contributed by atoms with Gasteiger partial charge in [-0.25, -0.2) is 9.78 Å². The van der Waals surface area contributed by atoms with Crippen molar-refractivity contribution in [2.45, 2.75) is 6.92 Å². The highest BCUT2D eigenvalue weighted by Crippen LogP contribution is 2.25. The molecule has 0 fully saturated rings. The van der Waals surface area contributed by atoms with Crippen LogP contribution < -0.4 is 11.1 Å². The molecular formula is C15H12Cl3N3O3. The topological polar surface area (TPSA) is 94.3 Å². The van der Waals surface area contributed by atoms with Crippen LogP contribution in [0.25, 0.3) is 0 Å². The van der Waals surface area contributed by atoms with Crippen LogP contribution in [0.4, 0.5) is 11.5 Å². The number of halogens is 3. The van der Waals surface area contributed by atoms with E-state index in [0.717, 1.165) is 0 Å². The summed E-state index contributed by atoms with van der Waals surface area (Å²) in [6.07, 6.45) is 0. The van der Waals surface area contributed by atoms with Crippen molar-refractivity contribution in [3.8, 4) is 0 Å². The van der Waals surface area contributed by atoms with Gasteiger partial charge < -0.3 is 15.8 Å². The fourth-order valence-electron chi connectivity index (χ4n) is 1.74. The predicted molar refractivity (Wildman–Crippen MR) is 93.8 cm³/mol. The quantitative estimate of drug-likeness (QED) is 0.615. The smallest absolute Gasteiger partial charge is 0.340 e. The van der Waals surface area contributed by atoms with Gasteiger partial charge in [0, 0.05) is 10.7 Å². The first-order valence-electron chi connectivity index (χ1n) is 6.62. The van der Waals surface area contributed by atoms with Crippen molar-refractivity contribution in [1.29, 1.82) is 0 Å². The number of carbonyl (C=O) groups is 2. The lowest BCUT2D eigenvalue weighted by Crippen LogP contribution is -2.22. The minimum absolute atomic E-state index is 0.116. The number of hydrogen-bond acceptors (Lipinski definition) is 5. The van der Waals surface area contributed by atoms with Crippen molar-refractivity contribution in [1.82, 2.24) is 4.98 Å². The first-order valence-corrected chi connectivity index (χ1v) is 7.76. The second-order valence-electron chi connectivity index (χ2n) is 4.74. The molecule has 6 nitrogen and oxygen atoms in total. The van der Waals surface area contributed by atoms with Crippen molar-refractivity contribution >= 4 is 58.2 Å². The van der Waals surface area contributed by atoms with Gasteiger partial charge in [-0.3, -0.25) is 4.79 Å². The van der Waals surface area contributed by atoms with E-state index in [0.29, 0.717) is 15.7 Å². The highest BCUT2D eigenvalue weighted by molar-refractivity contribution is 6.36. The van der Waals surface area contributed by atoms with Gasteiger partial charge in [0.1, 0.15) is 0 Å². The van der Waals surface area contributed by atoms with E-state index in [1.165, 1.54) is 24.3 Å². The van der Waals surface area contributed by atoms with E-state index in [2.05, 4.69) is 10.3 Å². The summed E-state index contributed by atoms with van der Waals surface area (Å²) in [5.41, 5.74) is 6.45. The molecule has 0 saturated heterocycles. The van der Waals surface area contributed by atoms with Gasteiger partial charge in [-0.1, -0.05) is 34.8 Å². The number of aromatic nitrogens is 1. The molecule has 0 unspecified atom stereocenters. The lowest BCUT2D eigenvalue weighted by Gasteiger charge is -2.09. The van der Waals surface area contributed by atoms with Gasteiger partial charge in [0.25, 0.3) is 5.91 Å². The molecule has 1 aromatic carbocycles. The normalized spacial score (nSPS) is 10.3. The number of nitrogen functional groups attached to an aromatic ring is 1. The zero-order valence-electron chi connectivity index (χ0n) is 12.4. The van der Waals surface area contributed by atoms with Crippen LogP contribution in [-0.4, -0.2) is 23.5 Å². The number of rotatable bonds is 4. The maximum absolute atomic E-state index is 11.9. The Bertz CT molecular complexity index is 812. The summed E-state index contributed by atoms with van der Waals surface area (Å²) < 4.78 is 4.91. The Morgan fingerprint density at radius 1 is 1.21 bits per heavy atom. The second-order valence-corrected chi connectivity index (χ2v) is 5.99. The Morgan fingerprint density at radius 2 is 1.92 bits per heavy atom. The molecule has 1 amide bonds. The SMILES string of the molecule is Cc1nc(NC(=O)COC(=O)c2ccc(Cl)cc2N)c(Cl)cc1Cl. The zero-order valence-corrected chi connectivity index (χ0v) is 14.7. The summed E-state index contributed by atoms with van der Waals surface area (Å²) in [5, 5.41) is 3.38. The Labute approximate surface area is 152 Å². The lowest BCUT2D eigenvalue weighted by atomic mass is 10.2. The van der Waals surface area contributed by atoms with E-state index in [-0.39, 0.29) is 22.1 Å². The van der Waals surface area contributed by atoms with Crippen LogP contribution in [-0.2, 0) is 9.53 Å². The number of ether oxygens (including phenoxy) is 1. The molecule has 2 aromatic rings. The Kier molecular flexibility index (Phi) is 5.88. The van der Waals surface area contributed by atoms with Gasteiger partial charge in [0.05, 0.1) is 21.3 Å². The molecule has 2 rings (SSSR count). The molecule has 0 aliphatic heterocycles. The van der Waals surface area contributed by atoms with Crippen LogP contribution in [0.5, 0.6) is 0 Å². The van der Waals surface area contributed by atoms with Crippen molar-refractivity contribution in [3.63, 3.8) is 0 Å². The molecule has 3 N–H and O–H groups in total. The molecule has 0 aliphatic rings. The third-order valence-electron chi connectivity index (χ3n) is 2.93. The highest BCUT2D eigenvalue weighted by Gasteiger charge is 2.15. The van der Waals surface area contributed by atoms with E-state index in [1.54, 1.807) is 6.92 Å². The maximum Gasteiger partial charge on any atom is 0.340 e. The van der Waals surface area contributed by atoms with Crippen molar-refractivity contribution in [2.24, 2.45) is 0 Å². The maximum atomic E-state index is 11.9. The monoisotopic (exact) mass is 387 g/mol. The van der Waals surface area contributed by atoms with E-state index in [1.807, 2.05) is 0 Å². The van der Waals surface area contributed by atoms with Crippen molar-refractivity contribution in [2.75, 3.05) is 17.7 Å². The fraction of sp³-hybridized carbons (Fsp3) is 0.133. The number of nitrogens with zero attached hydrogens (tertiary/aromatic N) is 1. The number of anilines is 2. The number of hydrogen-bond donors (Lipinski definition) is 2. The van der Waals surface area contributed by atoms with Crippen LogP contribution in [0.15, 0.2) is 24.3 Å². The number of nitrogens with one attached hydrogen (secondary N) is 1. The van der Waals surface area contributed by atoms with E-state index >= 15 is 0 Å². The molecule has 0 aliphatic carbocycles. The molecular weight excluding hydrogens is 377 g/mol. The first kappa shape index (κ1) is 18.3. The first-order chi connectivity index (χ1) is 11.3. The minimum Gasteiger partial charge on any atom is -0.452 e. The van der Waals surface area contributed by atoms with Gasteiger partial charge in [-0.2, -0.15) is 0 Å². The molecule has 24 heavy (non-hydrogen) atoms. The molecule has 1 aromatic heterocycles. The van der Waals surface area contributed by atoms with E-state index < -0.39 is 18.5 Å².